The molecule has 0 saturated carbocycles. The van der Waals surface area contributed by atoms with E-state index >= 15 is 0 Å². The number of nitrogens with zero attached hydrogens (tertiary/aromatic N) is 5. The van der Waals surface area contributed by atoms with Crippen LogP contribution in [0.15, 0.2) is 24.7 Å². The fraction of sp³-hybridized carbons (Fsp3) is 0.474. The smallest absolute Gasteiger partial charge is 0.410 e. The molecule has 8 nitrogen and oxygen atoms in total. The molecule has 1 fully saturated rings. The molecule has 9 heteroatoms. The van der Waals surface area contributed by atoms with E-state index in [0.717, 1.165) is 38.7 Å². The number of hydrogen-bond donors (Lipinski definition) is 1. The molecule has 0 atom stereocenters. The standard InChI is InChI=1S/C19H23IN6O2/c1-19(2,3)28-18(27)25-6-4-14(5-7-25)26-11-13(10-22-26)12-8-15-16(20)23-24-17(15)21-9-12/h8-11,14H,4-7H2,1-3H3,(H,21,23,24). The number of fused-ring (bicyclic) bond motifs is 1. The summed E-state index contributed by atoms with van der Waals surface area (Å²) < 4.78 is 8.45. The van der Waals surface area contributed by atoms with E-state index in [1.165, 1.54) is 0 Å². The summed E-state index contributed by atoms with van der Waals surface area (Å²) in [5, 5.41) is 12.7. The van der Waals surface area contributed by atoms with Crippen LogP contribution in [-0.4, -0.2) is 54.6 Å². The van der Waals surface area contributed by atoms with Gasteiger partial charge in [0.05, 0.1) is 17.6 Å². The van der Waals surface area contributed by atoms with Crippen molar-refractivity contribution in [2.75, 3.05) is 13.1 Å². The van der Waals surface area contributed by atoms with Gasteiger partial charge in [0.15, 0.2) is 5.65 Å². The van der Waals surface area contributed by atoms with Crippen molar-refractivity contribution in [3.63, 3.8) is 0 Å². The van der Waals surface area contributed by atoms with E-state index < -0.39 is 5.60 Å². The third-order valence-electron chi connectivity index (χ3n) is 4.79. The molecule has 4 heterocycles. The molecule has 0 aliphatic carbocycles. The number of carbonyl (C=O) groups excluding carboxylic acids is 1. The minimum atomic E-state index is -0.466. The second-order valence-electron chi connectivity index (χ2n) is 8.04. The Labute approximate surface area is 176 Å². The van der Waals surface area contributed by atoms with E-state index in [9.17, 15) is 4.79 Å². The second-order valence-corrected chi connectivity index (χ2v) is 9.12. The van der Waals surface area contributed by atoms with Crippen LogP contribution in [0.25, 0.3) is 22.2 Å². The molecule has 1 aliphatic heterocycles. The van der Waals surface area contributed by atoms with E-state index in [0.29, 0.717) is 13.1 Å². The lowest BCUT2D eigenvalue weighted by Gasteiger charge is -2.33. The average molecular weight is 494 g/mol. The molecule has 1 N–H and O–H groups in total. The summed E-state index contributed by atoms with van der Waals surface area (Å²) in [6.07, 6.45) is 7.24. The Kier molecular flexibility index (Phi) is 5.02. The molecule has 4 rings (SSSR count). The van der Waals surface area contributed by atoms with Crippen LogP contribution in [-0.2, 0) is 4.74 Å². The van der Waals surface area contributed by atoms with Crippen molar-refractivity contribution in [3.8, 4) is 11.1 Å². The third kappa shape index (κ3) is 3.98. The van der Waals surface area contributed by atoms with Crippen LogP contribution in [0.4, 0.5) is 4.79 Å². The maximum atomic E-state index is 12.2. The Hall–Kier alpha value is -2.17. The first-order valence-corrected chi connectivity index (χ1v) is 10.4. The molecule has 0 radical (unpaired) electrons. The molecular formula is C19H23IN6O2. The van der Waals surface area contributed by atoms with Crippen LogP contribution < -0.4 is 0 Å². The van der Waals surface area contributed by atoms with Crippen molar-refractivity contribution < 1.29 is 9.53 Å². The molecule has 0 unspecified atom stereocenters. The maximum Gasteiger partial charge on any atom is 0.410 e. The van der Waals surface area contributed by atoms with Gasteiger partial charge in [0.25, 0.3) is 0 Å². The van der Waals surface area contributed by atoms with Crippen LogP contribution >= 0.6 is 22.6 Å². The number of likely N-dealkylation sites (tertiary alicyclic amines) is 1. The van der Waals surface area contributed by atoms with E-state index in [-0.39, 0.29) is 12.1 Å². The number of hydrogen-bond acceptors (Lipinski definition) is 5. The van der Waals surface area contributed by atoms with E-state index in [1.54, 1.807) is 4.90 Å². The lowest BCUT2D eigenvalue weighted by molar-refractivity contribution is 0.0185. The Balaban J connectivity index is 1.43. The third-order valence-corrected chi connectivity index (χ3v) is 5.61. The largest absolute Gasteiger partial charge is 0.444 e. The molecular weight excluding hydrogens is 471 g/mol. The minimum Gasteiger partial charge on any atom is -0.444 e. The van der Waals surface area contributed by atoms with Crippen molar-refractivity contribution in [2.24, 2.45) is 0 Å². The first kappa shape index (κ1) is 19.2. The fourth-order valence-electron chi connectivity index (χ4n) is 3.35. The Bertz CT molecular complexity index is 997. The van der Waals surface area contributed by atoms with Crippen molar-refractivity contribution in [1.82, 2.24) is 29.9 Å². The van der Waals surface area contributed by atoms with Crippen LogP contribution in [0.3, 0.4) is 0 Å². The number of aromatic nitrogens is 5. The minimum absolute atomic E-state index is 0.235. The predicted octanol–water partition coefficient (Wildman–Crippen LogP) is 4.00. The van der Waals surface area contributed by atoms with Crippen LogP contribution in [0.5, 0.6) is 0 Å². The monoisotopic (exact) mass is 494 g/mol. The number of piperidine rings is 1. The maximum absolute atomic E-state index is 12.2. The molecule has 0 aromatic carbocycles. The number of pyridine rings is 1. The number of amides is 1. The van der Waals surface area contributed by atoms with Crippen LogP contribution in [0.1, 0.15) is 39.7 Å². The van der Waals surface area contributed by atoms with E-state index in [2.05, 4.69) is 55.1 Å². The zero-order valence-corrected chi connectivity index (χ0v) is 18.3. The summed E-state index contributed by atoms with van der Waals surface area (Å²) in [7, 11) is 0. The van der Waals surface area contributed by atoms with Gasteiger partial charge in [-0.3, -0.25) is 9.78 Å². The molecule has 1 amide bonds. The SMILES string of the molecule is CC(C)(C)OC(=O)N1CCC(n2cc(-c3cnc4n[nH]c(I)c4c3)cn2)CC1. The highest BCUT2D eigenvalue weighted by atomic mass is 127. The van der Waals surface area contributed by atoms with Crippen molar-refractivity contribution in [2.45, 2.75) is 45.3 Å². The van der Waals surface area contributed by atoms with Gasteiger partial charge in [-0.25, -0.2) is 9.78 Å². The van der Waals surface area contributed by atoms with Gasteiger partial charge in [-0.15, -0.1) is 0 Å². The van der Waals surface area contributed by atoms with Crippen molar-refractivity contribution in [3.05, 3.63) is 28.4 Å². The van der Waals surface area contributed by atoms with Gasteiger partial charge in [-0.2, -0.15) is 10.2 Å². The summed E-state index contributed by atoms with van der Waals surface area (Å²) in [6.45, 7) is 7.02. The molecule has 0 bridgehead atoms. The molecule has 1 saturated heterocycles. The summed E-state index contributed by atoms with van der Waals surface area (Å²) in [6, 6.07) is 2.36. The molecule has 3 aromatic rings. The summed E-state index contributed by atoms with van der Waals surface area (Å²) >= 11 is 2.22. The fourth-order valence-corrected chi connectivity index (χ4v) is 3.87. The zero-order chi connectivity index (χ0) is 19.9. The Morgan fingerprint density at radius 3 is 2.71 bits per heavy atom. The summed E-state index contributed by atoms with van der Waals surface area (Å²) in [4.78, 5) is 18.4. The van der Waals surface area contributed by atoms with Gasteiger partial charge in [0, 0.05) is 36.6 Å². The highest BCUT2D eigenvalue weighted by Gasteiger charge is 2.27. The molecule has 0 spiro atoms. The molecule has 3 aromatic heterocycles. The predicted molar refractivity (Wildman–Crippen MR) is 114 cm³/mol. The van der Waals surface area contributed by atoms with Crippen LogP contribution in [0.2, 0.25) is 0 Å². The van der Waals surface area contributed by atoms with Crippen LogP contribution in [0, 0.1) is 3.70 Å². The number of carbonyl (C=O) groups is 1. The number of H-pyrrole nitrogens is 1. The molecule has 28 heavy (non-hydrogen) atoms. The Morgan fingerprint density at radius 1 is 1.25 bits per heavy atom. The van der Waals surface area contributed by atoms with Gasteiger partial charge in [-0.05, 0) is 62.3 Å². The molecule has 1 aliphatic rings. The number of ether oxygens (including phenoxy) is 1. The number of halogens is 1. The van der Waals surface area contributed by atoms with Gasteiger partial charge >= 0.3 is 6.09 Å². The quantitative estimate of drug-likeness (QED) is 0.545. The highest BCUT2D eigenvalue weighted by Crippen LogP contribution is 2.28. The number of aromatic amines is 1. The van der Waals surface area contributed by atoms with E-state index in [4.69, 9.17) is 4.74 Å². The topological polar surface area (TPSA) is 88.9 Å². The molecule has 148 valence electrons. The lowest BCUT2D eigenvalue weighted by atomic mass is 10.1. The highest BCUT2D eigenvalue weighted by molar-refractivity contribution is 14.1. The van der Waals surface area contributed by atoms with Gasteiger partial charge < -0.3 is 9.64 Å². The number of nitrogens with one attached hydrogen (secondary N) is 1. The van der Waals surface area contributed by atoms with Crippen molar-refractivity contribution in [1.29, 1.82) is 0 Å². The lowest BCUT2D eigenvalue weighted by Crippen LogP contribution is -2.42. The van der Waals surface area contributed by atoms with Gasteiger partial charge in [-0.1, -0.05) is 0 Å². The van der Waals surface area contributed by atoms with E-state index in [1.807, 2.05) is 37.8 Å². The summed E-state index contributed by atoms with van der Waals surface area (Å²) in [5.41, 5.74) is 2.30. The van der Waals surface area contributed by atoms with Gasteiger partial charge in [0.2, 0.25) is 0 Å². The normalized spacial score (nSPS) is 15.9. The summed E-state index contributed by atoms with van der Waals surface area (Å²) in [5.74, 6) is 0. The van der Waals surface area contributed by atoms with Crippen molar-refractivity contribution >= 4 is 39.7 Å². The second kappa shape index (κ2) is 7.34. The average Bonchev–Trinajstić information content (AvgIpc) is 3.28. The number of rotatable bonds is 2. The Morgan fingerprint density at radius 2 is 2.00 bits per heavy atom. The first-order chi connectivity index (χ1) is 13.3. The first-order valence-electron chi connectivity index (χ1n) is 9.32. The zero-order valence-electron chi connectivity index (χ0n) is 16.1. The van der Waals surface area contributed by atoms with Gasteiger partial charge in [0.1, 0.15) is 9.30 Å².